The Morgan fingerprint density at radius 3 is 1.67 bits per heavy atom. The molecule has 24 heavy (non-hydrogen) atoms. The van der Waals surface area contributed by atoms with Crippen LogP contribution in [0, 0.1) is 0 Å². The smallest absolute Gasteiger partial charge is 0.367 e. The van der Waals surface area contributed by atoms with Crippen LogP contribution in [0.2, 0.25) is 0 Å². The van der Waals surface area contributed by atoms with E-state index in [0.29, 0.717) is 6.42 Å². The first kappa shape index (κ1) is 21.3. The fourth-order valence-corrected chi connectivity index (χ4v) is 5.91. The van der Waals surface area contributed by atoms with Gasteiger partial charge in [-0.1, -0.05) is 31.2 Å². The molecule has 1 rings (SSSR count). The first-order valence-electron chi connectivity index (χ1n) is 8.75. The van der Waals surface area contributed by atoms with Gasteiger partial charge in [-0.3, -0.25) is 0 Å². The monoisotopic (exact) mass is 354 g/mol. The molecule has 0 radical (unpaired) electrons. The molecule has 0 amide bonds. The Bertz CT molecular complexity index is 492. The van der Waals surface area contributed by atoms with Crippen molar-refractivity contribution in [2.45, 2.75) is 78.9 Å². The van der Waals surface area contributed by atoms with Crippen LogP contribution < -0.4 is 16.7 Å². The molecule has 1 aromatic carbocycles. The number of benzene rings is 1. The third-order valence-electron chi connectivity index (χ3n) is 3.52. The Hall–Kier alpha value is -0.763. The van der Waals surface area contributed by atoms with E-state index in [-0.39, 0.29) is 18.3 Å². The maximum Gasteiger partial charge on any atom is 0.538 e. The molecule has 5 nitrogen and oxygen atoms in total. The topological polar surface area (TPSA) is 79.7 Å². The molecular formula is C18H34N2O3Si. The Morgan fingerprint density at radius 1 is 0.875 bits per heavy atom. The van der Waals surface area contributed by atoms with Crippen molar-refractivity contribution < 1.29 is 13.3 Å². The molecule has 6 heteroatoms. The normalized spacial score (nSPS) is 13.3. The molecule has 0 heterocycles. The van der Waals surface area contributed by atoms with Gasteiger partial charge in [0.05, 0.1) is 5.66 Å². The predicted molar refractivity (Wildman–Crippen MR) is 101 cm³/mol. The number of nitrogens with two attached hydrogens (primary N) is 2. The van der Waals surface area contributed by atoms with Gasteiger partial charge in [0, 0.05) is 23.5 Å². The molecule has 0 aromatic heterocycles. The fraction of sp³-hybridized carbons (Fsp3) is 0.667. The van der Waals surface area contributed by atoms with Gasteiger partial charge < -0.3 is 24.7 Å². The number of hydrogen-bond donors (Lipinski definition) is 2. The van der Waals surface area contributed by atoms with Crippen molar-refractivity contribution in [2.24, 2.45) is 11.5 Å². The maximum atomic E-state index is 6.36. The van der Waals surface area contributed by atoms with Gasteiger partial charge in [0.2, 0.25) is 0 Å². The highest BCUT2D eigenvalue weighted by atomic mass is 28.4. The largest absolute Gasteiger partial charge is 0.538 e. The summed E-state index contributed by atoms with van der Waals surface area (Å²) in [6, 6.07) is 7.79. The SMILES string of the molecule is CCC(N)(N)c1ccccc1[Si](OC(C)C)(OC(C)C)OC(C)C. The summed E-state index contributed by atoms with van der Waals surface area (Å²) in [6.45, 7) is 13.9. The van der Waals surface area contributed by atoms with E-state index in [0.717, 1.165) is 10.8 Å². The molecule has 0 aliphatic carbocycles. The molecule has 0 spiro atoms. The molecule has 0 saturated carbocycles. The summed E-state index contributed by atoms with van der Waals surface area (Å²) in [5.74, 6) is 0. The van der Waals surface area contributed by atoms with E-state index < -0.39 is 14.5 Å². The van der Waals surface area contributed by atoms with Crippen molar-refractivity contribution in [1.29, 1.82) is 0 Å². The van der Waals surface area contributed by atoms with Crippen LogP contribution in [0.1, 0.15) is 60.5 Å². The minimum Gasteiger partial charge on any atom is -0.367 e. The standard InChI is InChI=1S/C18H34N2O3Si/c1-8-18(19,20)16-11-9-10-12-17(16)24(21-13(2)3,22-14(4)5)23-15(6)7/h9-15H,8,19-20H2,1-7H3. The second kappa shape index (κ2) is 8.56. The molecule has 0 atom stereocenters. The van der Waals surface area contributed by atoms with Crippen LogP contribution in [0.4, 0.5) is 0 Å². The zero-order chi connectivity index (χ0) is 18.5. The highest BCUT2D eigenvalue weighted by Gasteiger charge is 2.49. The Morgan fingerprint density at radius 2 is 1.29 bits per heavy atom. The van der Waals surface area contributed by atoms with E-state index in [1.54, 1.807) is 0 Å². The number of rotatable bonds is 9. The predicted octanol–water partition coefficient (Wildman–Crippen LogP) is 2.59. The van der Waals surface area contributed by atoms with Gasteiger partial charge in [-0.15, -0.1) is 0 Å². The second-order valence-corrected chi connectivity index (χ2v) is 9.35. The summed E-state index contributed by atoms with van der Waals surface area (Å²) in [7, 11) is -3.19. The quantitative estimate of drug-likeness (QED) is 0.526. The van der Waals surface area contributed by atoms with E-state index in [1.165, 1.54) is 0 Å². The lowest BCUT2D eigenvalue weighted by molar-refractivity contribution is 0.0150. The molecule has 0 fully saturated rings. The summed E-state index contributed by atoms with van der Waals surface area (Å²) in [5, 5.41) is 0.855. The van der Waals surface area contributed by atoms with Crippen LogP contribution in [-0.4, -0.2) is 27.1 Å². The van der Waals surface area contributed by atoms with Crippen LogP contribution >= 0.6 is 0 Å². The molecule has 0 aliphatic rings. The molecule has 0 unspecified atom stereocenters. The minimum absolute atomic E-state index is 0.0474. The lowest BCUT2D eigenvalue weighted by Gasteiger charge is -2.38. The van der Waals surface area contributed by atoms with Crippen molar-refractivity contribution in [3.05, 3.63) is 29.8 Å². The summed E-state index contributed by atoms with van der Waals surface area (Å²) in [6.07, 6.45) is 0.455. The Kier molecular flexibility index (Phi) is 7.59. The van der Waals surface area contributed by atoms with E-state index in [9.17, 15) is 0 Å². The second-order valence-electron chi connectivity index (χ2n) is 7.00. The summed E-state index contributed by atoms with van der Waals surface area (Å²) >= 11 is 0. The van der Waals surface area contributed by atoms with Crippen LogP contribution in [-0.2, 0) is 18.9 Å². The maximum absolute atomic E-state index is 6.36. The van der Waals surface area contributed by atoms with Crippen molar-refractivity contribution in [3.8, 4) is 0 Å². The summed E-state index contributed by atoms with van der Waals surface area (Å²) < 4.78 is 18.9. The van der Waals surface area contributed by atoms with Crippen LogP contribution in [0.15, 0.2) is 24.3 Å². The zero-order valence-electron chi connectivity index (χ0n) is 16.1. The first-order valence-corrected chi connectivity index (χ1v) is 10.5. The molecule has 4 N–H and O–H groups in total. The van der Waals surface area contributed by atoms with Crippen LogP contribution in [0.5, 0.6) is 0 Å². The fourth-order valence-electron chi connectivity index (χ4n) is 2.55. The molecule has 0 saturated heterocycles. The third kappa shape index (κ3) is 5.37. The van der Waals surface area contributed by atoms with E-state index in [4.69, 9.17) is 24.7 Å². The van der Waals surface area contributed by atoms with Crippen molar-refractivity contribution in [1.82, 2.24) is 0 Å². The minimum atomic E-state index is -3.19. The Balaban J connectivity index is 3.58. The molecule has 0 bridgehead atoms. The molecule has 138 valence electrons. The molecule has 1 aromatic rings. The van der Waals surface area contributed by atoms with Gasteiger partial charge in [0.15, 0.2) is 0 Å². The highest BCUT2D eigenvalue weighted by Crippen LogP contribution is 2.23. The van der Waals surface area contributed by atoms with E-state index in [2.05, 4.69) is 0 Å². The summed E-state index contributed by atoms with van der Waals surface area (Å²) in [4.78, 5) is 0. The zero-order valence-corrected chi connectivity index (χ0v) is 17.1. The van der Waals surface area contributed by atoms with Crippen molar-refractivity contribution in [2.75, 3.05) is 0 Å². The van der Waals surface area contributed by atoms with Crippen LogP contribution in [0.25, 0.3) is 0 Å². The van der Waals surface area contributed by atoms with Gasteiger partial charge >= 0.3 is 8.80 Å². The van der Waals surface area contributed by atoms with E-state index in [1.807, 2.05) is 72.7 Å². The van der Waals surface area contributed by atoms with Gasteiger partial charge in [0.1, 0.15) is 0 Å². The van der Waals surface area contributed by atoms with Crippen LogP contribution in [0.3, 0.4) is 0 Å². The third-order valence-corrected chi connectivity index (χ3v) is 6.96. The van der Waals surface area contributed by atoms with Crippen molar-refractivity contribution in [3.63, 3.8) is 0 Å². The van der Waals surface area contributed by atoms with Gasteiger partial charge in [-0.25, -0.2) is 0 Å². The average Bonchev–Trinajstić information content (AvgIpc) is 2.45. The lowest BCUT2D eigenvalue weighted by atomic mass is 9.99. The molecule has 0 aliphatic heterocycles. The lowest BCUT2D eigenvalue weighted by Crippen LogP contribution is -2.64. The van der Waals surface area contributed by atoms with Crippen molar-refractivity contribution >= 4 is 14.0 Å². The van der Waals surface area contributed by atoms with Gasteiger partial charge in [-0.05, 0) is 53.5 Å². The van der Waals surface area contributed by atoms with E-state index >= 15 is 0 Å². The number of hydrogen-bond acceptors (Lipinski definition) is 5. The van der Waals surface area contributed by atoms with Gasteiger partial charge in [-0.2, -0.15) is 0 Å². The Labute approximate surface area is 148 Å². The molecular weight excluding hydrogens is 320 g/mol. The highest BCUT2D eigenvalue weighted by molar-refractivity contribution is 6.76. The first-order chi connectivity index (χ1) is 11.0. The average molecular weight is 355 g/mol. The van der Waals surface area contributed by atoms with Gasteiger partial charge in [0.25, 0.3) is 0 Å². The summed E-state index contributed by atoms with van der Waals surface area (Å²) in [5.41, 5.74) is 12.6.